The van der Waals surface area contributed by atoms with Crippen molar-refractivity contribution in [3.05, 3.63) is 23.8 Å². The molecule has 17 heavy (non-hydrogen) atoms. The van der Waals surface area contributed by atoms with Crippen LogP contribution in [-0.4, -0.2) is 19.1 Å². The molecule has 3 rings (SSSR count). The fourth-order valence-corrected chi connectivity index (χ4v) is 3.40. The maximum absolute atomic E-state index is 3.64. The number of fused-ring (bicyclic) bond motifs is 1. The van der Waals surface area contributed by atoms with Crippen molar-refractivity contribution in [2.45, 2.75) is 44.6 Å². The van der Waals surface area contributed by atoms with Crippen molar-refractivity contribution in [2.24, 2.45) is 0 Å². The highest BCUT2D eigenvalue weighted by atomic mass is 15.2. The third-order valence-corrected chi connectivity index (χ3v) is 4.69. The van der Waals surface area contributed by atoms with E-state index in [-0.39, 0.29) is 0 Å². The van der Waals surface area contributed by atoms with E-state index in [2.05, 4.69) is 42.4 Å². The van der Waals surface area contributed by atoms with Crippen molar-refractivity contribution in [1.82, 2.24) is 0 Å². The number of rotatable bonds is 1. The molecule has 1 aromatic rings. The number of anilines is 2. The van der Waals surface area contributed by atoms with Gasteiger partial charge in [0.05, 0.1) is 16.9 Å². The van der Waals surface area contributed by atoms with Crippen molar-refractivity contribution in [3.63, 3.8) is 0 Å². The minimum Gasteiger partial charge on any atom is -0.381 e. The molecule has 2 heteroatoms. The largest absolute Gasteiger partial charge is 0.381 e. The van der Waals surface area contributed by atoms with E-state index in [9.17, 15) is 0 Å². The molecule has 1 aromatic carbocycles. The van der Waals surface area contributed by atoms with E-state index in [1.165, 1.54) is 42.6 Å². The van der Waals surface area contributed by atoms with E-state index in [1.54, 1.807) is 0 Å². The van der Waals surface area contributed by atoms with Crippen LogP contribution >= 0.6 is 0 Å². The van der Waals surface area contributed by atoms with Gasteiger partial charge in [-0.1, -0.05) is 25.8 Å². The molecule has 2 aliphatic rings. The van der Waals surface area contributed by atoms with Gasteiger partial charge in [0.1, 0.15) is 0 Å². The fraction of sp³-hybridized carbons (Fsp3) is 0.600. The lowest BCUT2D eigenvalue weighted by molar-refractivity contribution is 0.429. The fourth-order valence-electron chi connectivity index (χ4n) is 3.40. The third-order valence-electron chi connectivity index (χ3n) is 4.69. The maximum Gasteiger partial charge on any atom is 0.0607 e. The number of hydrogen-bond acceptors (Lipinski definition) is 2. The summed E-state index contributed by atoms with van der Waals surface area (Å²) in [5, 5.41) is 3.64. The maximum atomic E-state index is 3.64. The Morgan fingerprint density at radius 3 is 2.76 bits per heavy atom. The molecule has 0 unspecified atom stereocenters. The Morgan fingerprint density at radius 2 is 2.06 bits per heavy atom. The second kappa shape index (κ2) is 3.94. The van der Waals surface area contributed by atoms with Gasteiger partial charge in [-0.05, 0) is 37.0 Å². The van der Waals surface area contributed by atoms with Crippen molar-refractivity contribution in [2.75, 3.05) is 23.8 Å². The molecule has 1 saturated carbocycles. The van der Waals surface area contributed by atoms with E-state index in [1.807, 2.05) is 0 Å². The van der Waals surface area contributed by atoms with Crippen LogP contribution in [0.5, 0.6) is 0 Å². The Morgan fingerprint density at radius 1 is 1.29 bits per heavy atom. The smallest absolute Gasteiger partial charge is 0.0607 e. The quantitative estimate of drug-likeness (QED) is 0.795. The Hall–Kier alpha value is -1.18. The van der Waals surface area contributed by atoms with Gasteiger partial charge in [0.15, 0.2) is 0 Å². The highest BCUT2D eigenvalue weighted by Gasteiger charge is 2.40. The number of hydrogen-bond donors (Lipinski definition) is 1. The Bertz CT molecular complexity index is 419. The first-order chi connectivity index (χ1) is 8.25. The lowest BCUT2D eigenvalue weighted by atomic mass is 9.91. The monoisotopic (exact) mass is 230 g/mol. The van der Waals surface area contributed by atoms with E-state index < -0.39 is 0 Å². The second-order valence-corrected chi connectivity index (χ2v) is 5.55. The molecule has 1 fully saturated rings. The summed E-state index contributed by atoms with van der Waals surface area (Å²) >= 11 is 0. The molecule has 1 N–H and O–H groups in total. The van der Waals surface area contributed by atoms with Crippen LogP contribution in [0, 0.1) is 0 Å². The number of nitrogens with zero attached hydrogens (tertiary/aromatic N) is 1. The van der Waals surface area contributed by atoms with Crippen molar-refractivity contribution >= 4 is 11.4 Å². The van der Waals surface area contributed by atoms with Crippen molar-refractivity contribution in [1.29, 1.82) is 0 Å². The normalized spacial score (nSPS) is 21.4. The molecule has 1 aliphatic heterocycles. The summed E-state index contributed by atoms with van der Waals surface area (Å²) in [7, 11) is 2.28. The standard InChI is InChI=1S/C15H22N2/c1-3-12-6-7-13-14(10-12)17(2)15(11-16-13)8-4-5-9-15/h6-7,10,16H,3-5,8-9,11H2,1-2H3. The van der Waals surface area contributed by atoms with E-state index in [4.69, 9.17) is 0 Å². The minimum absolute atomic E-state index is 0.388. The van der Waals surface area contributed by atoms with Crippen LogP contribution in [0.4, 0.5) is 11.4 Å². The number of benzene rings is 1. The van der Waals surface area contributed by atoms with Crippen molar-refractivity contribution in [3.8, 4) is 0 Å². The SMILES string of the molecule is CCc1ccc2c(c1)N(C)C1(CCCC1)CN2. The zero-order chi connectivity index (χ0) is 11.9. The average Bonchev–Trinajstić information content (AvgIpc) is 2.84. The van der Waals surface area contributed by atoms with Gasteiger partial charge in [0.25, 0.3) is 0 Å². The summed E-state index contributed by atoms with van der Waals surface area (Å²) in [5.41, 5.74) is 4.53. The molecule has 0 saturated heterocycles. The molecule has 0 aromatic heterocycles. The topological polar surface area (TPSA) is 15.3 Å². The van der Waals surface area contributed by atoms with E-state index in [0.29, 0.717) is 5.54 Å². The predicted octanol–water partition coefficient (Wildman–Crippen LogP) is 3.42. The van der Waals surface area contributed by atoms with Crippen LogP contribution in [0.3, 0.4) is 0 Å². The van der Waals surface area contributed by atoms with E-state index in [0.717, 1.165) is 13.0 Å². The van der Waals surface area contributed by atoms with Gasteiger partial charge in [0, 0.05) is 13.6 Å². The summed E-state index contributed by atoms with van der Waals surface area (Å²) in [5.74, 6) is 0. The molecule has 1 spiro atoms. The summed E-state index contributed by atoms with van der Waals surface area (Å²) in [6.45, 7) is 3.34. The van der Waals surface area contributed by atoms with Gasteiger partial charge in [-0.3, -0.25) is 0 Å². The first-order valence-electron chi connectivity index (χ1n) is 6.86. The van der Waals surface area contributed by atoms with Gasteiger partial charge < -0.3 is 10.2 Å². The van der Waals surface area contributed by atoms with Crippen LogP contribution in [-0.2, 0) is 6.42 Å². The number of aryl methyl sites for hydroxylation is 1. The molecule has 1 heterocycles. The van der Waals surface area contributed by atoms with Gasteiger partial charge in [-0.15, -0.1) is 0 Å². The zero-order valence-corrected chi connectivity index (χ0v) is 10.9. The van der Waals surface area contributed by atoms with Crippen LogP contribution < -0.4 is 10.2 Å². The Balaban J connectivity index is 2.00. The van der Waals surface area contributed by atoms with Crippen LogP contribution in [0.25, 0.3) is 0 Å². The molecule has 2 nitrogen and oxygen atoms in total. The average molecular weight is 230 g/mol. The molecule has 1 aliphatic carbocycles. The van der Waals surface area contributed by atoms with Crippen LogP contribution in [0.2, 0.25) is 0 Å². The van der Waals surface area contributed by atoms with Crippen LogP contribution in [0.1, 0.15) is 38.2 Å². The van der Waals surface area contributed by atoms with Gasteiger partial charge in [-0.25, -0.2) is 0 Å². The molecular formula is C15H22N2. The molecule has 0 atom stereocenters. The minimum atomic E-state index is 0.388. The second-order valence-electron chi connectivity index (χ2n) is 5.55. The lowest BCUT2D eigenvalue weighted by Crippen LogP contribution is -2.52. The van der Waals surface area contributed by atoms with Gasteiger partial charge >= 0.3 is 0 Å². The summed E-state index contributed by atoms with van der Waals surface area (Å²) < 4.78 is 0. The summed E-state index contributed by atoms with van der Waals surface area (Å²) in [6.07, 6.45) is 6.57. The van der Waals surface area contributed by atoms with Crippen LogP contribution in [0.15, 0.2) is 18.2 Å². The highest BCUT2D eigenvalue weighted by molar-refractivity contribution is 5.74. The Labute approximate surface area is 104 Å². The first-order valence-corrected chi connectivity index (χ1v) is 6.86. The Kier molecular flexibility index (Phi) is 2.53. The summed E-state index contributed by atoms with van der Waals surface area (Å²) in [4.78, 5) is 2.55. The molecule has 0 radical (unpaired) electrons. The molecule has 0 bridgehead atoms. The first kappa shape index (κ1) is 10.9. The third kappa shape index (κ3) is 1.62. The molecular weight excluding hydrogens is 208 g/mol. The highest BCUT2D eigenvalue weighted by Crippen LogP contribution is 2.43. The predicted molar refractivity (Wildman–Crippen MR) is 73.9 cm³/mol. The zero-order valence-electron chi connectivity index (χ0n) is 10.9. The van der Waals surface area contributed by atoms with Gasteiger partial charge in [0.2, 0.25) is 0 Å². The lowest BCUT2D eigenvalue weighted by Gasteiger charge is -2.45. The molecule has 92 valence electrons. The van der Waals surface area contributed by atoms with E-state index >= 15 is 0 Å². The summed E-state index contributed by atoms with van der Waals surface area (Å²) in [6, 6.07) is 6.85. The molecule has 0 amide bonds. The number of likely N-dealkylation sites (N-methyl/N-ethyl adjacent to an activating group) is 1. The van der Waals surface area contributed by atoms with Crippen molar-refractivity contribution < 1.29 is 0 Å². The number of nitrogens with one attached hydrogen (secondary N) is 1. The van der Waals surface area contributed by atoms with Gasteiger partial charge in [-0.2, -0.15) is 0 Å².